The number of aromatic nitrogens is 2. The average Bonchev–Trinajstić information content (AvgIpc) is 3.26. The van der Waals surface area contributed by atoms with Gasteiger partial charge in [-0.3, -0.25) is 19.4 Å². The number of nitrogens with two attached hydrogens (primary N) is 1. The largest absolute Gasteiger partial charge is 0.410 e. The summed E-state index contributed by atoms with van der Waals surface area (Å²) in [5.74, 6) is -2.85. The predicted octanol–water partition coefficient (Wildman–Crippen LogP) is 1.72. The summed E-state index contributed by atoms with van der Waals surface area (Å²) in [5, 5.41) is -0.177. The molecular weight excluding hydrogens is 433 g/mol. The number of Topliss-reactive ketones (excluding diaryl/α,β-unsaturated/α-hetero) is 1. The van der Waals surface area contributed by atoms with Crippen LogP contribution in [-0.4, -0.2) is 69.1 Å². The molecule has 0 bridgehead atoms. The number of fused-ring (bicyclic) bond motifs is 1. The Balaban J connectivity index is 1.53. The van der Waals surface area contributed by atoms with Crippen molar-refractivity contribution in [2.75, 3.05) is 19.6 Å². The van der Waals surface area contributed by atoms with E-state index in [0.717, 1.165) is 6.07 Å². The highest BCUT2D eigenvalue weighted by Gasteiger charge is 2.35. The monoisotopic (exact) mass is 453 g/mol. The number of rotatable bonds is 4. The number of carbonyl (C=O) groups is 4. The molecule has 1 aliphatic heterocycles. The zero-order chi connectivity index (χ0) is 23.7. The summed E-state index contributed by atoms with van der Waals surface area (Å²) in [6.07, 6.45) is 1.61. The maximum atomic E-state index is 14.5. The summed E-state index contributed by atoms with van der Waals surface area (Å²) >= 11 is 0. The average molecular weight is 453 g/mol. The van der Waals surface area contributed by atoms with Crippen LogP contribution >= 0.6 is 0 Å². The van der Waals surface area contributed by atoms with Crippen LogP contribution in [0.3, 0.4) is 0 Å². The number of piperazine rings is 1. The summed E-state index contributed by atoms with van der Waals surface area (Å²) in [5.41, 5.74) is 5.16. The van der Waals surface area contributed by atoms with Crippen LogP contribution in [0, 0.1) is 5.82 Å². The summed E-state index contributed by atoms with van der Waals surface area (Å²) in [4.78, 5) is 59.3. The van der Waals surface area contributed by atoms with Gasteiger partial charge in [0.2, 0.25) is 0 Å². The van der Waals surface area contributed by atoms with Crippen molar-refractivity contribution in [3.63, 3.8) is 0 Å². The van der Waals surface area contributed by atoms with Crippen LogP contribution in [0.4, 0.5) is 9.18 Å². The number of hydrogen-bond donors (Lipinski definition) is 2. The molecule has 3 N–H and O–H groups in total. The van der Waals surface area contributed by atoms with Crippen LogP contribution in [0.15, 0.2) is 42.7 Å². The predicted molar refractivity (Wildman–Crippen MR) is 114 cm³/mol. The van der Waals surface area contributed by atoms with Crippen molar-refractivity contribution in [2.45, 2.75) is 13.0 Å². The van der Waals surface area contributed by atoms with E-state index in [1.54, 1.807) is 30.0 Å². The molecular formula is C22H20FN5O5. The minimum atomic E-state index is -1.10. The molecule has 1 aliphatic rings. The van der Waals surface area contributed by atoms with Gasteiger partial charge >= 0.3 is 6.09 Å². The normalized spacial score (nSPS) is 16.0. The minimum Gasteiger partial charge on any atom is -0.408 e. The van der Waals surface area contributed by atoms with Crippen LogP contribution in [-0.2, 0) is 4.79 Å². The molecule has 2 aromatic heterocycles. The number of ketones is 1. The van der Waals surface area contributed by atoms with E-state index in [1.165, 1.54) is 23.4 Å². The van der Waals surface area contributed by atoms with Gasteiger partial charge in [0.15, 0.2) is 5.75 Å². The summed E-state index contributed by atoms with van der Waals surface area (Å²) < 4.78 is 19.4. The van der Waals surface area contributed by atoms with Crippen molar-refractivity contribution in [2.24, 2.45) is 5.73 Å². The van der Waals surface area contributed by atoms with Crippen molar-refractivity contribution in [3.05, 3.63) is 59.8 Å². The number of amides is 3. The van der Waals surface area contributed by atoms with Crippen LogP contribution in [0.25, 0.3) is 10.9 Å². The fourth-order valence-corrected chi connectivity index (χ4v) is 3.89. The molecule has 1 fully saturated rings. The molecule has 1 atom stereocenters. The molecule has 0 aliphatic carbocycles. The molecule has 0 spiro atoms. The first kappa shape index (κ1) is 21.9. The lowest BCUT2D eigenvalue weighted by atomic mass is 10.1. The second kappa shape index (κ2) is 8.69. The van der Waals surface area contributed by atoms with Crippen molar-refractivity contribution in [1.82, 2.24) is 19.8 Å². The van der Waals surface area contributed by atoms with E-state index in [4.69, 9.17) is 10.5 Å². The van der Waals surface area contributed by atoms with Crippen molar-refractivity contribution >= 4 is 34.6 Å². The molecule has 3 amide bonds. The smallest absolute Gasteiger partial charge is 0.408 e. The number of hydrogen-bond acceptors (Lipinski definition) is 6. The van der Waals surface area contributed by atoms with E-state index >= 15 is 0 Å². The number of pyridine rings is 1. The third kappa shape index (κ3) is 4.12. The number of benzene rings is 1. The molecule has 33 heavy (non-hydrogen) atoms. The van der Waals surface area contributed by atoms with Crippen LogP contribution < -0.4 is 10.5 Å². The number of nitrogens with zero attached hydrogens (tertiary/aromatic N) is 3. The van der Waals surface area contributed by atoms with E-state index < -0.39 is 29.6 Å². The fraction of sp³-hybridized carbons (Fsp3) is 0.227. The van der Waals surface area contributed by atoms with E-state index in [1.807, 2.05) is 0 Å². The number of ether oxygens (including phenoxy) is 1. The highest BCUT2D eigenvalue weighted by molar-refractivity contribution is 6.45. The van der Waals surface area contributed by atoms with Gasteiger partial charge in [-0.25, -0.2) is 9.18 Å². The summed E-state index contributed by atoms with van der Waals surface area (Å²) in [6.45, 7) is 2.29. The topological polar surface area (TPSA) is 139 Å². The van der Waals surface area contributed by atoms with E-state index in [0.29, 0.717) is 5.69 Å². The highest BCUT2D eigenvalue weighted by atomic mass is 19.1. The van der Waals surface area contributed by atoms with Crippen molar-refractivity contribution < 1.29 is 28.3 Å². The van der Waals surface area contributed by atoms with Crippen molar-refractivity contribution in [3.8, 4) is 5.75 Å². The van der Waals surface area contributed by atoms with Gasteiger partial charge in [-0.2, -0.15) is 0 Å². The SMILES string of the molecule is C[C@@H]1CN(C(=O)c2ccccn2)CCN1C(=O)C(=O)c1c[nH]c2c(OC(N)=O)ccc(F)c12. The Hall–Kier alpha value is -4.28. The Morgan fingerprint density at radius 1 is 1.18 bits per heavy atom. The molecule has 0 saturated carbocycles. The number of nitrogens with one attached hydrogen (secondary N) is 1. The Bertz CT molecular complexity index is 1260. The zero-order valence-electron chi connectivity index (χ0n) is 17.6. The van der Waals surface area contributed by atoms with Gasteiger partial charge in [0.25, 0.3) is 17.6 Å². The molecule has 0 unspecified atom stereocenters. The van der Waals surface area contributed by atoms with Gasteiger partial charge in [0.05, 0.1) is 16.5 Å². The number of halogens is 1. The molecule has 11 heteroatoms. The number of primary amides is 1. The molecule has 170 valence electrons. The van der Waals surface area contributed by atoms with Crippen molar-refractivity contribution in [1.29, 1.82) is 0 Å². The highest BCUT2D eigenvalue weighted by Crippen LogP contribution is 2.30. The Morgan fingerprint density at radius 3 is 2.64 bits per heavy atom. The first-order valence-corrected chi connectivity index (χ1v) is 10.1. The van der Waals surface area contributed by atoms with Gasteiger partial charge in [0, 0.05) is 38.1 Å². The summed E-state index contributed by atoms with van der Waals surface area (Å²) in [7, 11) is 0. The van der Waals surface area contributed by atoms with Crippen LogP contribution in [0.5, 0.6) is 5.75 Å². The lowest BCUT2D eigenvalue weighted by Crippen LogP contribution is -2.56. The Labute approximate surface area is 187 Å². The zero-order valence-corrected chi connectivity index (χ0v) is 17.6. The Morgan fingerprint density at radius 2 is 1.97 bits per heavy atom. The van der Waals surface area contributed by atoms with Gasteiger partial charge in [-0.05, 0) is 31.2 Å². The standard InChI is InChI=1S/C22H20FN5O5/c1-12-11-27(20(30)15-4-2-3-7-25-15)8-9-28(12)21(31)19(29)13-10-26-18-16(33-22(24)32)6-5-14(23)17(13)18/h2-7,10,12,26H,8-9,11H2,1H3,(H2,24,32)/t12-/m1/s1. The van der Waals surface area contributed by atoms with Crippen LogP contribution in [0.1, 0.15) is 27.8 Å². The Kier molecular flexibility index (Phi) is 5.78. The van der Waals surface area contributed by atoms with Gasteiger partial charge < -0.3 is 25.3 Å². The third-order valence-corrected chi connectivity index (χ3v) is 5.46. The minimum absolute atomic E-state index is 0.0313. The van der Waals surface area contributed by atoms with Gasteiger partial charge in [-0.1, -0.05) is 6.07 Å². The van der Waals surface area contributed by atoms with Gasteiger partial charge in [-0.15, -0.1) is 0 Å². The number of carbonyl (C=O) groups excluding carboxylic acids is 4. The van der Waals surface area contributed by atoms with E-state index in [2.05, 4.69) is 9.97 Å². The first-order valence-electron chi connectivity index (χ1n) is 10.1. The number of H-pyrrole nitrogens is 1. The third-order valence-electron chi connectivity index (χ3n) is 5.46. The molecule has 3 heterocycles. The molecule has 1 saturated heterocycles. The second-order valence-electron chi connectivity index (χ2n) is 7.56. The van der Waals surface area contributed by atoms with E-state index in [9.17, 15) is 23.6 Å². The quantitative estimate of drug-likeness (QED) is 0.456. The lowest BCUT2D eigenvalue weighted by molar-refractivity contribution is -0.130. The molecule has 1 aromatic carbocycles. The fourth-order valence-electron chi connectivity index (χ4n) is 3.89. The van der Waals surface area contributed by atoms with E-state index in [-0.39, 0.29) is 47.8 Å². The molecule has 10 nitrogen and oxygen atoms in total. The second-order valence-corrected chi connectivity index (χ2v) is 7.56. The number of aromatic amines is 1. The van der Waals surface area contributed by atoms with Gasteiger partial charge in [0.1, 0.15) is 11.5 Å². The maximum absolute atomic E-state index is 14.5. The molecule has 4 rings (SSSR count). The van der Waals surface area contributed by atoms with Crippen LogP contribution in [0.2, 0.25) is 0 Å². The summed E-state index contributed by atoms with van der Waals surface area (Å²) in [6, 6.07) is 6.78. The molecule has 0 radical (unpaired) electrons. The lowest BCUT2D eigenvalue weighted by Gasteiger charge is -2.39. The molecule has 3 aromatic rings. The first-order chi connectivity index (χ1) is 15.8. The maximum Gasteiger partial charge on any atom is 0.410 e.